The van der Waals surface area contributed by atoms with Crippen molar-refractivity contribution in [3.8, 4) is 11.4 Å². The highest BCUT2D eigenvalue weighted by Crippen LogP contribution is 2.30. The Morgan fingerprint density at radius 2 is 1.76 bits per heavy atom. The maximum Gasteiger partial charge on any atom is 0.416 e. The molecular formula is C14H12F3IN2O. The van der Waals surface area contributed by atoms with E-state index in [2.05, 4.69) is 9.97 Å². The van der Waals surface area contributed by atoms with E-state index in [-0.39, 0.29) is 17.3 Å². The average molecular weight is 408 g/mol. The summed E-state index contributed by atoms with van der Waals surface area (Å²) in [7, 11) is 0. The number of nitrogens with zero attached hydrogens (tertiary/aromatic N) is 1. The van der Waals surface area contributed by atoms with E-state index in [0.717, 1.165) is 12.1 Å². The predicted molar refractivity (Wildman–Crippen MR) is 82.1 cm³/mol. The number of aromatic nitrogens is 2. The number of H-pyrrole nitrogens is 1. The number of halogens is 4. The van der Waals surface area contributed by atoms with Gasteiger partial charge in [-0.2, -0.15) is 13.2 Å². The van der Waals surface area contributed by atoms with E-state index < -0.39 is 11.7 Å². The van der Waals surface area contributed by atoms with Crippen molar-refractivity contribution in [3.63, 3.8) is 0 Å². The van der Waals surface area contributed by atoms with Gasteiger partial charge in [0.25, 0.3) is 5.56 Å². The molecule has 1 aromatic carbocycles. The highest BCUT2D eigenvalue weighted by atomic mass is 127. The molecule has 0 unspecified atom stereocenters. The van der Waals surface area contributed by atoms with Crippen LogP contribution in [0.2, 0.25) is 0 Å². The lowest BCUT2D eigenvalue weighted by molar-refractivity contribution is -0.137. The van der Waals surface area contributed by atoms with E-state index in [0.29, 0.717) is 14.8 Å². The number of rotatable bonds is 2. The maximum atomic E-state index is 12.5. The van der Waals surface area contributed by atoms with Gasteiger partial charge in [0.2, 0.25) is 0 Å². The molecule has 1 N–H and O–H groups in total. The fraction of sp³-hybridized carbons (Fsp3) is 0.286. The van der Waals surface area contributed by atoms with Gasteiger partial charge in [0.15, 0.2) is 0 Å². The van der Waals surface area contributed by atoms with Crippen molar-refractivity contribution in [2.75, 3.05) is 0 Å². The molecule has 0 spiro atoms. The lowest BCUT2D eigenvalue weighted by atomic mass is 10.1. The molecule has 112 valence electrons. The van der Waals surface area contributed by atoms with Crippen molar-refractivity contribution >= 4 is 22.6 Å². The van der Waals surface area contributed by atoms with Crippen molar-refractivity contribution in [2.24, 2.45) is 0 Å². The van der Waals surface area contributed by atoms with Crippen molar-refractivity contribution in [1.82, 2.24) is 9.97 Å². The zero-order valence-electron chi connectivity index (χ0n) is 11.3. The Bertz CT molecular complexity index is 706. The van der Waals surface area contributed by atoms with Gasteiger partial charge in [0.05, 0.1) is 14.8 Å². The van der Waals surface area contributed by atoms with E-state index in [1.54, 1.807) is 0 Å². The Kier molecular flexibility index (Phi) is 4.40. The molecule has 0 saturated carbocycles. The van der Waals surface area contributed by atoms with Crippen LogP contribution in [0, 0.1) is 3.57 Å². The number of benzene rings is 1. The van der Waals surface area contributed by atoms with Crippen LogP contribution in [0.5, 0.6) is 0 Å². The molecule has 1 heterocycles. The second-order valence-corrected chi connectivity index (χ2v) is 5.92. The Hall–Kier alpha value is -1.38. The summed E-state index contributed by atoms with van der Waals surface area (Å²) in [5, 5.41) is 0. The quantitative estimate of drug-likeness (QED) is 0.758. The van der Waals surface area contributed by atoms with Gasteiger partial charge < -0.3 is 4.98 Å². The van der Waals surface area contributed by atoms with Crippen LogP contribution in [-0.4, -0.2) is 9.97 Å². The Labute approximate surface area is 132 Å². The summed E-state index contributed by atoms with van der Waals surface area (Å²) in [6, 6.07) is 4.56. The predicted octanol–water partition coefficient (Wildman–Crippen LogP) is 4.18. The minimum absolute atomic E-state index is 0.0485. The monoisotopic (exact) mass is 408 g/mol. The van der Waals surface area contributed by atoms with Gasteiger partial charge in [-0.25, -0.2) is 4.98 Å². The van der Waals surface area contributed by atoms with E-state index in [4.69, 9.17) is 0 Å². The first-order valence-electron chi connectivity index (χ1n) is 6.17. The first kappa shape index (κ1) is 16.0. The Morgan fingerprint density at radius 1 is 1.19 bits per heavy atom. The number of aromatic amines is 1. The summed E-state index contributed by atoms with van der Waals surface area (Å²) in [6.07, 6.45) is -4.38. The molecule has 1 aromatic heterocycles. The van der Waals surface area contributed by atoms with Crippen LogP contribution in [0.4, 0.5) is 13.2 Å². The fourth-order valence-corrected chi connectivity index (χ4v) is 2.69. The number of hydrogen-bond acceptors (Lipinski definition) is 2. The second-order valence-electron chi connectivity index (χ2n) is 4.84. The summed E-state index contributed by atoms with van der Waals surface area (Å²) in [4.78, 5) is 18.8. The van der Waals surface area contributed by atoms with E-state index in [1.165, 1.54) is 12.1 Å². The zero-order chi connectivity index (χ0) is 15.8. The Balaban J connectivity index is 2.50. The summed E-state index contributed by atoms with van der Waals surface area (Å²) in [5.74, 6) is 0.324. The number of alkyl halides is 3. The van der Waals surface area contributed by atoms with Gasteiger partial charge in [0, 0.05) is 5.56 Å². The van der Waals surface area contributed by atoms with Crippen molar-refractivity contribution in [3.05, 3.63) is 49.4 Å². The lowest BCUT2D eigenvalue weighted by Gasteiger charge is -2.10. The van der Waals surface area contributed by atoms with Gasteiger partial charge in [0.1, 0.15) is 5.82 Å². The Morgan fingerprint density at radius 3 is 2.24 bits per heavy atom. The van der Waals surface area contributed by atoms with Gasteiger partial charge >= 0.3 is 6.18 Å². The van der Waals surface area contributed by atoms with E-state index in [1.807, 2.05) is 36.4 Å². The molecule has 2 aromatic rings. The van der Waals surface area contributed by atoms with E-state index >= 15 is 0 Å². The molecule has 0 aliphatic heterocycles. The first-order valence-corrected chi connectivity index (χ1v) is 7.25. The van der Waals surface area contributed by atoms with Crippen LogP contribution >= 0.6 is 22.6 Å². The minimum Gasteiger partial charge on any atom is -0.306 e. The third-order valence-corrected chi connectivity index (χ3v) is 3.96. The van der Waals surface area contributed by atoms with Gasteiger partial charge in [-0.3, -0.25) is 4.79 Å². The molecule has 3 nitrogen and oxygen atoms in total. The lowest BCUT2D eigenvalue weighted by Crippen LogP contribution is -2.17. The molecule has 0 atom stereocenters. The van der Waals surface area contributed by atoms with Gasteiger partial charge in [-0.1, -0.05) is 26.0 Å². The van der Waals surface area contributed by atoms with Crippen LogP contribution in [0.15, 0.2) is 29.1 Å². The molecule has 7 heteroatoms. The number of nitrogens with one attached hydrogen (secondary N) is 1. The third-order valence-electron chi connectivity index (χ3n) is 2.92. The summed E-state index contributed by atoms with van der Waals surface area (Å²) >= 11 is 1.92. The highest BCUT2D eigenvalue weighted by molar-refractivity contribution is 14.1. The smallest absolute Gasteiger partial charge is 0.306 e. The van der Waals surface area contributed by atoms with E-state index in [9.17, 15) is 18.0 Å². The molecule has 0 amide bonds. The standard InChI is InChI=1S/C14H12F3IN2O/c1-7(2)11-10(18)13(21)20-12(19-11)8-3-5-9(6-4-8)14(15,16)17/h3-7H,1-2H3,(H,19,20,21). The summed E-state index contributed by atoms with van der Waals surface area (Å²) in [5.41, 5.74) is 0.0556. The van der Waals surface area contributed by atoms with Crippen LogP contribution in [0.3, 0.4) is 0 Å². The average Bonchev–Trinajstić information content (AvgIpc) is 2.40. The third kappa shape index (κ3) is 3.45. The molecule has 0 saturated heterocycles. The second kappa shape index (κ2) is 5.78. The molecule has 21 heavy (non-hydrogen) atoms. The SMILES string of the molecule is CC(C)c1nc(-c2ccc(C(F)(F)F)cc2)[nH]c(=O)c1I. The van der Waals surface area contributed by atoms with Crippen LogP contribution in [0.25, 0.3) is 11.4 Å². The largest absolute Gasteiger partial charge is 0.416 e. The highest BCUT2D eigenvalue weighted by Gasteiger charge is 2.30. The fourth-order valence-electron chi connectivity index (χ4n) is 1.81. The van der Waals surface area contributed by atoms with Crippen molar-refractivity contribution in [1.29, 1.82) is 0 Å². The molecule has 0 bridgehead atoms. The van der Waals surface area contributed by atoms with Crippen LogP contribution in [0.1, 0.15) is 31.0 Å². The van der Waals surface area contributed by atoms with Gasteiger partial charge in [-0.05, 0) is 40.6 Å². The normalized spacial score (nSPS) is 12.0. The van der Waals surface area contributed by atoms with Gasteiger partial charge in [-0.15, -0.1) is 0 Å². The molecular weight excluding hydrogens is 396 g/mol. The minimum atomic E-state index is -4.38. The molecule has 0 fully saturated rings. The molecule has 0 radical (unpaired) electrons. The molecule has 0 aliphatic carbocycles. The summed E-state index contributed by atoms with van der Waals surface area (Å²) in [6.45, 7) is 3.81. The molecule has 2 rings (SSSR count). The van der Waals surface area contributed by atoms with Crippen LogP contribution < -0.4 is 5.56 Å². The maximum absolute atomic E-state index is 12.5. The van der Waals surface area contributed by atoms with Crippen LogP contribution in [-0.2, 0) is 6.18 Å². The van der Waals surface area contributed by atoms with Crippen molar-refractivity contribution in [2.45, 2.75) is 25.9 Å². The number of hydrogen-bond donors (Lipinski definition) is 1. The molecule has 0 aliphatic rings. The van der Waals surface area contributed by atoms with Crippen molar-refractivity contribution < 1.29 is 13.2 Å². The zero-order valence-corrected chi connectivity index (χ0v) is 13.4. The summed E-state index contributed by atoms with van der Waals surface area (Å²) < 4.78 is 38.1. The first-order chi connectivity index (χ1) is 9.70. The topological polar surface area (TPSA) is 45.8 Å².